The Balaban J connectivity index is 1.47. The average Bonchev–Trinajstić information content (AvgIpc) is 3.39. The van der Waals surface area contributed by atoms with E-state index < -0.39 is 0 Å². The Morgan fingerprint density at radius 3 is 2.60 bits per heavy atom. The van der Waals surface area contributed by atoms with E-state index in [1.165, 1.54) is 11.3 Å². The van der Waals surface area contributed by atoms with Gasteiger partial charge in [-0.05, 0) is 54.7 Å². The molecule has 0 unspecified atom stereocenters. The van der Waals surface area contributed by atoms with Crippen molar-refractivity contribution in [3.05, 3.63) is 62.5 Å². The number of aromatic nitrogens is 3. The number of hydrogen-bond donors (Lipinski definition) is 0. The van der Waals surface area contributed by atoms with Crippen molar-refractivity contribution in [1.82, 2.24) is 14.8 Å². The van der Waals surface area contributed by atoms with Crippen LogP contribution in [0.15, 0.2) is 52.2 Å². The predicted molar refractivity (Wildman–Crippen MR) is 128 cm³/mol. The minimum absolute atomic E-state index is 0.684. The van der Waals surface area contributed by atoms with Crippen molar-refractivity contribution in [2.24, 2.45) is 0 Å². The van der Waals surface area contributed by atoms with Gasteiger partial charge in [0, 0.05) is 21.7 Å². The third kappa shape index (κ3) is 4.70. The van der Waals surface area contributed by atoms with Gasteiger partial charge in [-0.3, -0.25) is 0 Å². The normalized spacial score (nSPS) is 10.9. The van der Waals surface area contributed by atoms with Crippen molar-refractivity contribution in [3.63, 3.8) is 0 Å². The van der Waals surface area contributed by atoms with Crippen LogP contribution in [0.2, 0.25) is 5.02 Å². The third-order valence-electron chi connectivity index (χ3n) is 4.13. The Kier molecular flexibility index (Phi) is 6.74. The van der Waals surface area contributed by atoms with Crippen LogP contribution in [0, 0.1) is 3.95 Å². The Bertz CT molecular complexity index is 1220. The second-order valence-electron chi connectivity index (χ2n) is 6.02. The quantitative estimate of drug-likeness (QED) is 0.209. The summed E-state index contributed by atoms with van der Waals surface area (Å²) in [5.74, 6) is 2.10. The van der Waals surface area contributed by atoms with Gasteiger partial charge in [-0.2, -0.15) is 0 Å². The molecule has 2 aromatic heterocycles. The minimum Gasteiger partial charge on any atom is -0.493 e. The monoisotopic (exact) mass is 493 g/mol. The lowest BCUT2D eigenvalue weighted by molar-refractivity contribution is 0.355. The SMILES string of the molecule is COc1ccc(-c2nc(CSc3nn(-c4ccc(Cl)cc4)c(=S)s3)cs2)cc1OC. The molecule has 2 heterocycles. The van der Waals surface area contributed by atoms with Crippen molar-refractivity contribution < 1.29 is 9.47 Å². The molecule has 0 amide bonds. The van der Waals surface area contributed by atoms with Crippen LogP contribution in [0.1, 0.15) is 5.69 Å². The van der Waals surface area contributed by atoms with Crippen LogP contribution in [-0.2, 0) is 5.75 Å². The molecule has 154 valence electrons. The lowest BCUT2D eigenvalue weighted by Gasteiger charge is -2.08. The third-order valence-corrected chi connectivity index (χ3v) is 7.72. The number of benzene rings is 2. The van der Waals surface area contributed by atoms with E-state index in [2.05, 4.69) is 10.5 Å². The molecule has 0 aliphatic rings. The number of hydrogen-bond acceptors (Lipinski definition) is 8. The van der Waals surface area contributed by atoms with Gasteiger partial charge < -0.3 is 9.47 Å². The fourth-order valence-electron chi connectivity index (χ4n) is 2.68. The Morgan fingerprint density at radius 2 is 1.87 bits per heavy atom. The van der Waals surface area contributed by atoms with Crippen LogP contribution in [0.4, 0.5) is 0 Å². The topological polar surface area (TPSA) is 49.2 Å². The summed E-state index contributed by atoms with van der Waals surface area (Å²) in [6.07, 6.45) is 0. The maximum absolute atomic E-state index is 5.96. The summed E-state index contributed by atoms with van der Waals surface area (Å²) < 4.78 is 14.0. The summed E-state index contributed by atoms with van der Waals surface area (Å²) in [5.41, 5.74) is 2.89. The zero-order valence-corrected chi connectivity index (χ0v) is 20.0. The Labute approximate surface area is 196 Å². The molecule has 0 N–H and O–H groups in total. The van der Waals surface area contributed by atoms with Gasteiger partial charge in [0.25, 0.3) is 0 Å². The second-order valence-corrected chi connectivity index (χ2v) is 10.2. The molecule has 0 fully saturated rings. The number of thioether (sulfide) groups is 1. The molecule has 0 saturated carbocycles. The number of rotatable bonds is 7. The van der Waals surface area contributed by atoms with Gasteiger partial charge in [-0.25, -0.2) is 9.67 Å². The summed E-state index contributed by atoms with van der Waals surface area (Å²) in [7, 11) is 3.25. The van der Waals surface area contributed by atoms with Gasteiger partial charge in [0.1, 0.15) is 5.01 Å². The molecule has 0 aliphatic carbocycles. The lowest BCUT2D eigenvalue weighted by Crippen LogP contribution is -1.95. The standard InChI is InChI=1S/C20H16ClN3O2S4/c1-25-16-8-3-12(9-17(16)26-2)18-22-14(10-28-18)11-29-19-23-24(20(27)30-19)15-6-4-13(21)5-7-15/h3-10H,11H2,1-2H3. The molecule has 0 saturated heterocycles. The molecule has 0 radical (unpaired) electrons. The van der Waals surface area contributed by atoms with Crippen LogP contribution in [0.5, 0.6) is 11.5 Å². The highest BCUT2D eigenvalue weighted by Gasteiger charge is 2.11. The summed E-state index contributed by atoms with van der Waals surface area (Å²) >= 11 is 16.1. The predicted octanol–water partition coefficient (Wildman–Crippen LogP) is 6.75. The zero-order valence-electron chi connectivity index (χ0n) is 16.0. The van der Waals surface area contributed by atoms with Crippen LogP contribution in [0.3, 0.4) is 0 Å². The van der Waals surface area contributed by atoms with Gasteiger partial charge in [0.05, 0.1) is 25.6 Å². The van der Waals surface area contributed by atoms with Crippen molar-refractivity contribution in [2.75, 3.05) is 14.2 Å². The van der Waals surface area contributed by atoms with E-state index in [9.17, 15) is 0 Å². The summed E-state index contributed by atoms with van der Waals surface area (Å²) in [5, 5.41) is 8.31. The van der Waals surface area contributed by atoms with E-state index in [0.717, 1.165) is 26.3 Å². The highest BCUT2D eigenvalue weighted by atomic mass is 35.5. The largest absolute Gasteiger partial charge is 0.493 e. The van der Waals surface area contributed by atoms with Gasteiger partial charge in [0.15, 0.2) is 19.8 Å². The number of methoxy groups -OCH3 is 2. The van der Waals surface area contributed by atoms with Crippen molar-refractivity contribution >= 4 is 58.3 Å². The summed E-state index contributed by atoms with van der Waals surface area (Å²) in [6, 6.07) is 13.3. The lowest BCUT2D eigenvalue weighted by atomic mass is 10.2. The van der Waals surface area contributed by atoms with Crippen LogP contribution in [0.25, 0.3) is 16.3 Å². The second kappa shape index (κ2) is 9.49. The van der Waals surface area contributed by atoms with Crippen molar-refractivity contribution in [3.8, 4) is 27.8 Å². The number of ether oxygens (including phenoxy) is 2. The molecular weight excluding hydrogens is 478 g/mol. The first-order valence-corrected chi connectivity index (χ1v) is 12.2. The van der Waals surface area contributed by atoms with Gasteiger partial charge >= 0.3 is 0 Å². The Hall–Kier alpha value is -1.91. The highest BCUT2D eigenvalue weighted by Crippen LogP contribution is 2.34. The van der Waals surface area contributed by atoms with Crippen molar-refractivity contribution in [2.45, 2.75) is 10.1 Å². The number of thiazole rings is 1. The van der Waals surface area contributed by atoms with E-state index in [-0.39, 0.29) is 0 Å². The maximum Gasteiger partial charge on any atom is 0.184 e. The Morgan fingerprint density at radius 1 is 1.10 bits per heavy atom. The van der Waals surface area contributed by atoms with Crippen molar-refractivity contribution in [1.29, 1.82) is 0 Å². The fraction of sp³-hybridized carbons (Fsp3) is 0.150. The molecule has 0 atom stereocenters. The highest BCUT2D eigenvalue weighted by molar-refractivity contribution is 8.00. The minimum atomic E-state index is 0.684. The van der Waals surface area contributed by atoms with E-state index in [1.807, 2.05) is 42.5 Å². The molecule has 10 heteroatoms. The molecular formula is C20H16ClN3O2S4. The van der Waals surface area contributed by atoms with E-state index >= 15 is 0 Å². The smallest absolute Gasteiger partial charge is 0.184 e. The first-order valence-electron chi connectivity index (χ1n) is 8.73. The molecule has 4 rings (SSSR count). The number of nitrogens with zero attached hydrogens (tertiary/aromatic N) is 3. The van der Waals surface area contributed by atoms with Crippen LogP contribution < -0.4 is 9.47 Å². The summed E-state index contributed by atoms with van der Waals surface area (Å²) in [4.78, 5) is 4.75. The molecule has 5 nitrogen and oxygen atoms in total. The van der Waals surface area contributed by atoms with Crippen LogP contribution in [-0.4, -0.2) is 29.0 Å². The molecule has 0 aliphatic heterocycles. The van der Waals surface area contributed by atoms with Gasteiger partial charge in [-0.1, -0.05) is 34.7 Å². The number of halogens is 1. The maximum atomic E-state index is 5.96. The van der Waals surface area contributed by atoms with E-state index in [1.54, 1.807) is 42.0 Å². The molecule has 2 aromatic carbocycles. The van der Waals surface area contributed by atoms with Gasteiger partial charge in [0.2, 0.25) is 0 Å². The summed E-state index contributed by atoms with van der Waals surface area (Å²) in [6.45, 7) is 0. The van der Waals surface area contributed by atoms with E-state index in [0.29, 0.717) is 26.2 Å². The molecule has 30 heavy (non-hydrogen) atoms. The zero-order chi connectivity index (χ0) is 21.1. The van der Waals surface area contributed by atoms with Gasteiger partial charge in [-0.15, -0.1) is 16.4 Å². The fourth-order valence-corrected chi connectivity index (χ4v) is 5.98. The first-order chi connectivity index (χ1) is 14.6. The first kappa shape index (κ1) is 21.3. The average molecular weight is 494 g/mol. The molecule has 0 spiro atoms. The molecule has 0 bridgehead atoms. The van der Waals surface area contributed by atoms with E-state index in [4.69, 9.17) is 38.3 Å². The van der Waals surface area contributed by atoms with Crippen LogP contribution >= 0.6 is 58.3 Å². The molecule has 4 aromatic rings.